The lowest BCUT2D eigenvalue weighted by Gasteiger charge is -2.08. The first kappa shape index (κ1) is 10.1. The molecule has 0 radical (unpaired) electrons. The largest absolute Gasteiger partial charge is 0.387 e. The highest BCUT2D eigenvalue weighted by Crippen LogP contribution is 2.17. The molecule has 0 saturated heterocycles. The normalized spacial score (nSPS) is 13.3. The van der Waals surface area contributed by atoms with Gasteiger partial charge in [-0.15, -0.1) is 0 Å². The average molecular weight is 205 g/mol. The first-order valence-electron chi connectivity index (χ1n) is 4.97. The number of imidazole rings is 1. The number of aliphatic hydroxyl groups excluding tert-OH is 1. The van der Waals surface area contributed by atoms with E-state index in [1.807, 2.05) is 36.6 Å². The van der Waals surface area contributed by atoms with Crippen molar-refractivity contribution in [2.24, 2.45) is 5.73 Å². The highest BCUT2D eigenvalue weighted by molar-refractivity contribution is 5.53. The molecule has 2 rings (SSSR count). The second-order valence-electron chi connectivity index (χ2n) is 3.71. The fourth-order valence-electron chi connectivity index (χ4n) is 1.77. The minimum atomic E-state index is -0.600. The number of nitrogens with zero attached hydrogens (tertiary/aromatic N) is 2. The molecule has 0 fully saturated rings. The summed E-state index contributed by atoms with van der Waals surface area (Å²) in [5.41, 5.74) is 8.31. The zero-order valence-electron chi connectivity index (χ0n) is 8.94. The Kier molecular flexibility index (Phi) is 2.46. The molecule has 0 saturated carbocycles. The maximum absolute atomic E-state index is 9.63. The molecule has 15 heavy (non-hydrogen) atoms. The molecule has 3 N–H and O–H groups in total. The average Bonchev–Trinajstić information content (AvgIpc) is 2.53. The quantitative estimate of drug-likeness (QED) is 0.767. The van der Waals surface area contributed by atoms with Gasteiger partial charge in [0.1, 0.15) is 5.82 Å². The summed E-state index contributed by atoms with van der Waals surface area (Å²) in [7, 11) is 0. The molecular weight excluding hydrogens is 190 g/mol. The van der Waals surface area contributed by atoms with Crippen LogP contribution in [0, 0.1) is 13.8 Å². The van der Waals surface area contributed by atoms with Gasteiger partial charge in [0.15, 0.2) is 0 Å². The van der Waals surface area contributed by atoms with Gasteiger partial charge in [0.05, 0.1) is 17.3 Å². The third-order valence-electron chi connectivity index (χ3n) is 2.63. The summed E-state index contributed by atoms with van der Waals surface area (Å²) in [5.74, 6) is 0.925. The molecule has 80 valence electrons. The number of fused-ring (bicyclic) bond motifs is 1. The van der Waals surface area contributed by atoms with Gasteiger partial charge >= 0.3 is 0 Å². The Balaban J connectivity index is 2.60. The van der Waals surface area contributed by atoms with Crippen molar-refractivity contribution in [3.63, 3.8) is 0 Å². The lowest BCUT2D eigenvalue weighted by molar-refractivity contribution is 0.186. The fourth-order valence-corrected chi connectivity index (χ4v) is 1.77. The standard InChI is InChI=1S/C11H15N3O/c1-7-10-4-3-9(11(15)5-12)6-14(10)8(2)13-7/h3-4,6,11,15H,5,12H2,1-2H3. The minimum Gasteiger partial charge on any atom is -0.387 e. The van der Waals surface area contributed by atoms with Crippen LogP contribution in [0.25, 0.3) is 5.52 Å². The van der Waals surface area contributed by atoms with E-state index in [4.69, 9.17) is 5.73 Å². The van der Waals surface area contributed by atoms with Crippen molar-refractivity contribution in [3.05, 3.63) is 35.4 Å². The van der Waals surface area contributed by atoms with Crippen molar-refractivity contribution >= 4 is 5.52 Å². The number of hydrogen-bond donors (Lipinski definition) is 2. The number of pyridine rings is 1. The molecule has 0 amide bonds. The van der Waals surface area contributed by atoms with Gasteiger partial charge in [-0.1, -0.05) is 6.07 Å². The van der Waals surface area contributed by atoms with Crippen LogP contribution in [0.15, 0.2) is 18.3 Å². The Morgan fingerprint density at radius 3 is 2.87 bits per heavy atom. The predicted molar refractivity (Wildman–Crippen MR) is 58.7 cm³/mol. The minimum absolute atomic E-state index is 0.234. The Hall–Kier alpha value is -1.39. The molecule has 0 aliphatic carbocycles. The molecule has 1 atom stereocenters. The maximum Gasteiger partial charge on any atom is 0.110 e. The third-order valence-corrected chi connectivity index (χ3v) is 2.63. The van der Waals surface area contributed by atoms with Gasteiger partial charge in [0.25, 0.3) is 0 Å². The van der Waals surface area contributed by atoms with Crippen LogP contribution in [0.3, 0.4) is 0 Å². The lowest BCUT2D eigenvalue weighted by Crippen LogP contribution is -2.12. The van der Waals surface area contributed by atoms with Crippen molar-refractivity contribution in [2.45, 2.75) is 20.0 Å². The van der Waals surface area contributed by atoms with Crippen molar-refractivity contribution in [1.82, 2.24) is 9.38 Å². The van der Waals surface area contributed by atoms with E-state index in [1.54, 1.807) is 0 Å². The summed E-state index contributed by atoms with van der Waals surface area (Å²) in [6, 6.07) is 3.85. The highest BCUT2D eigenvalue weighted by Gasteiger charge is 2.08. The predicted octanol–water partition coefficient (Wildman–Crippen LogP) is 0.943. The van der Waals surface area contributed by atoms with E-state index in [9.17, 15) is 5.11 Å². The topological polar surface area (TPSA) is 63.5 Å². The molecule has 0 aliphatic heterocycles. The Morgan fingerprint density at radius 1 is 1.47 bits per heavy atom. The number of aliphatic hydroxyl groups is 1. The molecule has 0 aliphatic rings. The Morgan fingerprint density at radius 2 is 2.20 bits per heavy atom. The van der Waals surface area contributed by atoms with Crippen molar-refractivity contribution < 1.29 is 5.11 Å². The molecule has 2 aromatic rings. The van der Waals surface area contributed by atoms with Crippen LogP contribution in [-0.4, -0.2) is 21.0 Å². The van der Waals surface area contributed by atoms with Crippen LogP contribution in [0.4, 0.5) is 0 Å². The van der Waals surface area contributed by atoms with Crippen molar-refractivity contribution in [2.75, 3.05) is 6.54 Å². The number of aryl methyl sites for hydroxylation is 2. The summed E-state index contributed by atoms with van der Waals surface area (Å²) >= 11 is 0. The number of rotatable bonds is 2. The van der Waals surface area contributed by atoms with Gasteiger partial charge in [-0.3, -0.25) is 0 Å². The summed E-state index contributed by atoms with van der Waals surface area (Å²) in [6.45, 7) is 4.15. The fraction of sp³-hybridized carbons (Fsp3) is 0.364. The lowest BCUT2D eigenvalue weighted by atomic mass is 10.1. The monoisotopic (exact) mass is 205 g/mol. The zero-order valence-corrected chi connectivity index (χ0v) is 8.94. The Bertz CT molecular complexity index is 490. The van der Waals surface area contributed by atoms with Gasteiger partial charge in [0.2, 0.25) is 0 Å². The molecule has 4 heteroatoms. The van der Waals surface area contributed by atoms with Crippen LogP contribution in [0.1, 0.15) is 23.2 Å². The van der Waals surface area contributed by atoms with Crippen LogP contribution in [0.2, 0.25) is 0 Å². The van der Waals surface area contributed by atoms with Crippen molar-refractivity contribution in [3.8, 4) is 0 Å². The van der Waals surface area contributed by atoms with E-state index in [1.165, 1.54) is 0 Å². The van der Waals surface area contributed by atoms with E-state index in [0.717, 1.165) is 22.6 Å². The van der Waals surface area contributed by atoms with E-state index >= 15 is 0 Å². The first-order chi connectivity index (χ1) is 7.13. The molecule has 1 unspecified atom stereocenters. The van der Waals surface area contributed by atoms with E-state index in [-0.39, 0.29) is 6.54 Å². The molecular formula is C11H15N3O. The molecule has 4 nitrogen and oxygen atoms in total. The molecule has 0 spiro atoms. The highest BCUT2D eigenvalue weighted by atomic mass is 16.3. The smallest absolute Gasteiger partial charge is 0.110 e. The number of hydrogen-bond acceptors (Lipinski definition) is 3. The summed E-state index contributed by atoms with van der Waals surface area (Å²) < 4.78 is 1.98. The maximum atomic E-state index is 9.63. The van der Waals surface area contributed by atoms with Gasteiger partial charge in [0, 0.05) is 12.7 Å². The molecule has 2 aromatic heterocycles. The van der Waals surface area contributed by atoms with Crippen LogP contribution in [0.5, 0.6) is 0 Å². The van der Waals surface area contributed by atoms with Gasteiger partial charge in [-0.05, 0) is 25.5 Å². The van der Waals surface area contributed by atoms with E-state index in [2.05, 4.69) is 4.98 Å². The van der Waals surface area contributed by atoms with E-state index in [0.29, 0.717) is 0 Å². The Labute approximate surface area is 88.4 Å². The molecule has 0 bridgehead atoms. The number of aromatic nitrogens is 2. The third kappa shape index (κ3) is 1.62. The second-order valence-corrected chi connectivity index (χ2v) is 3.71. The molecule has 2 heterocycles. The summed E-state index contributed by atoms with van der Waals surface area (Å²) in [6.07, 6.45) is 1.29. The summed E-state index contributed by atoms with van der Waals surface area (Å²) in [5, 5.41) is 9.63. The van der Waals surface area contributed by atoms with Crippen LogP contribution in [-0.2, 0) is 0 Å². The van der Waals surface area contributed by atoms with Crippen LogP contribution < -0.4 is 5.73 Å². The first-order valence-corrected chi connectivity index (χ1v) is 4.97. The number of nitrogens with two attached hydrogens (primary N) is 1. The van der Waals surface area contributed by atoms with Gasteiger partial charge < -0.3 is 15.2 Å². The van der Waals surface area contributed by atoms with Gasteiger partial charge in [-0.25, -0.2) is 4.98 Å². The van der Waals surface area contributed by atoms with Crippen LogP contribution >= 0.6 is 0 Å². The van der Waals surface area contributed by atoms with E-state index < -0.39 is 6.10 Å². The zero-order chi connectivity index (χ0) is 11.0. The molecule has 0 aromatic carbocycles. The SMILES string of the molecule is Cc1nc(C)n2cc(C(O)CN)ccc12. The van der Waals surface area contributed by atoms with Crippen molar-refractivity contribution in [1.29, 1.82) is 0 Å². The van der Waals surface area contributed by atoms with Gasteiger partial charge in [-0.2, -0.15) is 0 Å². The second kappa shape index (κ2) is 3.64. The summed E-state index contributed by atoms with van der Waals surface area (Å²) in [4.78, 5) is 4.37.